The number of aromatic nitrogens is 2. The Balaban J connectivity index is 1.85. The Labute approximate surface area is 110 Å². The molecule has 1 aromatic carbocycles. The molecule has 0 fully saturated rings. The number of anilines is 3. The first-order valence-corrected chi connectivity index (χ1v) is 6.30. The van der Waals surface area contributed by atoms with E-state index >= 15 is 0 Å². The molecule has 2 heterocycles. The fraction of sp³-hybridized carbons (Fsp3) is 0.231. The molecular weight excluding hydrogens is 248 g/mol. The third kappa shape index (κ3) is 2.38. The van der Waals surface area contributed by atoms with E-state index in [2.05, 4.69) is 32.7 Å². The van der Waals surface area contributed by atoms with Gasteiger partial charge >= 0.3 is 0 Å². The molecule has 0 saturated heterocycles. The van der Waals surface area contributed by atoms with Gasteiger partial charge in [-0.05, 0) is 36.6 Å². The first kappa shape index (κ1) is 11.3. The van der Waals surface area contributed by atoms with E-state index in [1.165, 1.54) is 23.9 Å². The summed E-state index contributed by atoms with van der Waals surface area (Å²) >= 11 is 5.80. The number of rotatable bonds is 2. The lowest BCUT2D eigenvalue weighted by Crippen LogP contribution is -2.11. The second kappa shape index (κ2) is 4.82. The van der Waals surface area contributed by atoms with Gasteiger partial charge in [0.2, 0.25) is 0 Å². The number of benzene rings is 1. The van der Waals surface area contributed by atoms with Crippen molar-refractivity contribution in [3.63, 3.8) is 0 Å². The molecule has 92 valence electrons. The Morgan fingerprint density at radius 3 is 3.11 bits per heavy atom. The normalized spacial score (nSPS) is 13.6. The van der Waals surface area contributed by atoms with Crippen molar-refractivity contribution in [1.29, 1.82) is 0 Å². The van der Waals surface area contributed by atoms with E-state index in [1.807, 2.05) is 6.07 Å². The maximum atomic E-state index is 5.80. The largest absolute Gasteiger partial charge is 0.385 e. The van der Waals surface area contributed by atoms with E-state index in [1.54, 1.807) is 6.20 Å². The Morgan fingerprint density at radius 2 is 2.22 bits per heavy atom. The van der Waals surface area contributed by atoms with Crippen molar-refractivity contribution in [2.24, 2.45) is 0 Å². The summed E-state index contributed by atoms with van der Waals surface area (Å²) in [6.07, 6.45) is 5.46. The highest BCUT2D eigenvalue weighted by molar-refractivity contribution is 6.29. The third-order valence-corrected chi connectivity index (χ3v) is 3.10. The third-order valence-electron chi connectivity index (χ3n) is 2.92. The predicted molar refractivity (Wildman–Crippen MR) is 73.6 cm³/mol. The number of hydrogen-bond acceptors (Lipinski definition) is 4. The van der Waals surface area contributed by atoms with Crippen molar-refractivity contribution < 1.29 is 0 Å². The quantitative estimate of drug-likeness (QED) is 0.870. The molecule has 0 spiro atoms. The SMILES string of the molecule is Clc1cncc(Nc2ccc3c(c2)CCCN3)n1. The van der Waals surface area contributed by atoms with Gasteiger partial charge in [0, 0.05) is 17.9 Å². The summed E-state index contributed by atoms with van der Waals surface area (Å²) in [5, 5.41) is 6.98. The number of nitrogens with one attached hydrogen (secondary N) is 2. The minimum Gasteiger partial charge on any atom is -0.385 e. The van der Waals surface area contributed by atoms with Crippen LogP contribution in [0.5, 0.6) is 0 Å². The molecule has 0 amide bonds. The molecule has 1 aliphatic heterocycles. The van der Waals surface area contributed by atoms with Gasteiger partial charge in [-0.1, -0.05) is 11.6 Å². The minimum atomic E-state index is 0.389. The zero-order valence-corrected chi connectivity index (χ0v) is 10.5. The van der Waals surface area contributed by atoms with Crippen LogP contribution in [0.4, 0.5) is 17.2 Å². The lowest BCUT2D eigenvalue weighted by Gasteiger charge is -2.18. The van der Waals surface area contributed by atoms with Crippen molar-refractivity contribution in [3.05, 3.63) is 41.3 Å². The van der Waals surface area contributed by atoms with Crippen LogP contribution in [0.2, 0.25) is 5.15 Å². The highest BCUT2D eigenvalue weighted by Gasteiger charge is 2.09. The second-order valence-electron chi connectivity index (χ2n) is 4.25. The first-order chi connectivity index (χ1) is 8.81. The Kier molecular flexibility index (Phi) is 3.02. The lowest BCUT2D eigenvalue weighted by atomic mass is 10.0. The Morgan fingerprint density at radius 1 is 1.28 bits per heavy atom. The molecule has 0 atom stereocenters. The van der Waals surface area contributed by atoms with Gasteiger partial charge in [-0.15, -0.1) is 0 Å². The predicted octanol–water partition coefficient (Wildman–Crippen LogP) is 3.23. The van der Waals surface area contributed by atoms with Gasteiger partial charge in [-0.2, -0.15) is 0 Å². The molecule has 4 nitrogen and oxygen atoms in total. The molecule has 0 bridgehead atoms. The molecule has 2 aromatic rings. The summed E-state index contributed by atoms with van der Waals surface area (Å²) in [7, 11) is 0. The summed E-state index contributed by atoms with van der Waals surface area (Å²) in [6, 6.07) is 6.26. The summed E-state index contributed by atoms with van der Waals surface area (Å²) in [5.41, 5.74) is 3.57. The van der Waals surface area contributed by atoms with E-state index in [4.69, 9.17) is 11.6 Å². The van der Waals surface area contributed by atoms with Crippen molar-refractivity contribution in [3.8, 4) is 0 Å². The molecular formula is C13H13ClN4. The number of halogens is 1. The summed E-state index contributed by atoms with van der Waals surface area (Å²) in [4.78, 5) is 8.16. The van der Waals surface area contributed by atoms with E-state index in [-0.39, 0.29) is 0 Å². The monoisotopic (exact) mass is 260 g/mol. The van der Waals surface area contributed by atoms with Crippen LogP contribution in [0, 0.1) is 0 Å². The van der Waals surface area contributed by atoms with E-state index in [0.717, 1.165) is 18.7 Å². The van der Waals surface area contributed by atoms with Gasteiger partial charge in [0.15, 0.2) is 5.82 Å². The second-order valence-corrected chi connectivity index (χ2v) is 4.64. The maximum absolute atomic E-state index is 5.80. The van der Waals surface area contributed by atoms with Crippen LogP contribution in [-0.4, -0.2) is 16.5 Å². The van der Waals surface area contributed by atoms with Crippen molar-refractivity contribution in [2.45, 2.75) is 12.8 Å². The molecule has 0 unspecified atom stereocenters. The van der Waals surface area contributed by atoms with Crippen molar-refractivity contribution in [2.75, 3.05) is 17.2 Å². The standard InChI is InChI=1S/C13H13ClN4/c14-12-7-15-8-13(18-12)17-10-3-4-11-9(6-10)2-1-5-16-11/h3-4,6-8,16H,1-2,5H2,(H,17,18). The van der Waals surface area contributed by atoms with Crippen LogP contribution < -0.4 is 10.6 Å². The van der Waals surface area contributed by atoms with Crippen LogP contribution in [0.3, 0.4) is 0 Å². The van der Waals surface area contributed by atoms with E-state index in [0.29, 0.717) is 11.0 Å². The van der Waals surface area contributed by atoms with Gasteiger partial charge in [-0.3, -0.25) is 4.98 Å². The zero-order valence-electron chi connectivity index (χ0n) is 9.78. The highest BCUT2D eigenvalue weighted by Crippen LogP contribution is 2.26. The lowest BCUT2D eigenvalue weighted by molar-refractivity contribution is 0.830. The fourth-order valence-electron chi connectivity index (χ4n) is 2.10. The number of aryl methyl sites for hydroxylation is 1. The fourth-order valence-corrected chi connectivity index (χ4v) is 2.25. The molecule has 0 radical (unpaired) electrons. The molecule has 3 rings (SSSR count). The van der Waals surface area contributed by atoms with Gasteiger partial charge in [0.05, 0.1) is 12.4 Å². The average Bonchev–Trinajstić information content (AvgIpc) is 2.39. The molecule has 0 aliphatic carbocycles. The van der Waals surface area contributed by atoms with Gasteiger partial charge < -0.3 is 10.6 Å². The van der Waals surface area contributed by atoms with Gasteiger partial charge in [-0.25, -0.2) is 4.98 Å². The smallest absolute Gasteiger partial charge is 0.150 e. The van der Waals surface area contributed by atoms with Gasteiger partial charge in [0.25, 0.3) is 0 Å². The van der Waals surface area contributed by atoms with Crippen LogP contribution >= 0.6 is 11.6 Å². The molecule has 1 aliphatic rings. The van der Waals surface area contributed by atoms with Gasteiger partial charge in [0.1, 0.15) is 5.15 Å². The topological polar surface area (TPSA) is 49.8 Å². The Bertz CT molecular complexity index is 571. The van der Waals surface area contributed by atoms with Crippen molar-refractivity contribution in [1.82, 2.24) is 9.97 Å². The number of hydrogen-bond donors (Lipinski definition) is 2. The van der Waals surface area contributed by atoms with E-state index < -0.39 is 0 Å². The molecule has 1 aromatic heterocycles. The van der Waals surface area contributed by atoms with Crippen LogP contribution in [0.25, 0.3) is 0 Å². The zero-order chi connectivity index (χ0) is 12.4. The maximum Gasteiger partial charge on any atom is 0.150 e. The molecule has 0 saturated carbocycles. The summed E-state index contributed by atoms with van der Waals surface area (Å²) < 4.78 is 0. The van der Waals surface area contributed by atoms with Crippen LogP contribution in [-0.2, 0) is 6.42 Å². The number of fused-ring (bicyclic) bond motifs is 1. The molecule has 5 heteroatoms. The highest BCUT2D eigenvalue weighted by atomic mass is 35.5. The molecule has 2 N–H and O–H groups in total. The average molecular weight is 261 g/mol. The summed E-state index contributed by atoms with van der Waals surface area (Å²) in [6.45, 7) is 1.06. The van der Waals surface area contributed by atoms with Crippen LogP contribution in [0.1, 0.15) is 12.0 Å². The summed E-state index contributed by atoms with van der Waals surface area (Å²) in [5.74, 6) is 0.659. The van der Waals surface area contributed by atoms with Crippen molar-refractivity contribution >= 4 is 28.8 Å². The Hall–Kier alpha value is -1.81. The molecule has 18 heavy (non-hydrogen) atoms. The first-order valence-electron chi connectivity index (χ1n) is 5.93. The van der Waals surface area contributed by atoms with Crippen LogP contribution in [0.15, 0.2) is 30.6 Å². The van der Waals surface area contributed by atoms with E-state index in [9.17, 15) is 0 Å². The minimum absolute atomic E-state index is 0.389. The number of nitrogens with zero attached hydrogens (tertiary/aromatic N) is 2.